The molecule has 10 heteroatoms. The Kier molecular flexibility index (Phi) is 6.91. The van der Waals surface area contributed by atoms with Gasteiger partial charge in [0, 0.05) is 18.1 Å². The number of aromatic nitrogens is 4. The molecule has 1 aromatic carbocycles. The van der Waals surface area contributed by atoms with E-state index in [1.54, 1.807) is 24.8 Å². The van der Waals surface area contributed by atoms with E-state index in [0.717, 1.165) is 31.4 Å². The molecule has 4 aromatic rings. The highest BCUT2D eigenvalue weighted by atomic mass is 32.2. The zero-order valence-electron chi connectivity index (χ0n) is 17.3. The molecule has 1 atom stereocenters. The maximum atomic E-state index is 12.9. The van der Waals surface area contributed by atoms with Gasteiger partial charge in [-0.15, -0.1) is 21.5 Å². The molecule has 0 aliphatic heterocycles. The fraction of sp³-hybridized carbons (Fsp3) is 0.286. The standard InChI is InChI=1S/C21H21N5O2S3/c1-4-15(18(27)24-21-26-25-16(31-21)9-28-3)30-20-17-14(10-29-19(17)22-11-23-20)13-7-5-12(2)6-8-13/h5-8,10-11,15H,4,9H2,1-3H3,(H,24,26,27). The van der Waals surface area contributed by atoms with E-state index in [9.17, 15) is 4.79 Å². The molecule has 1 N–H and O–H groups in total. The van der Waals surface area contributed by atoms with Gasteiger partial charge < -0.3 is 4.74 Å². The van der Waals surface area contributed by atoms with Gasteiger partial charge >= 0.3 is 0 Å². The van der Waals surface area contributed by atoms with Crippen LogP contribution >= 0.6 is 34.4 Å². The number of fused-ring (bicyclic) bond motifs is 1. The Morgan fingerprint density at radius 3 is 2.77 bits per heavy atom. The van der Waals surface area contributed by atoms with Gasteiger partial charge in [-0.25, -0.2) is 9.97 Å². The minimum atomic E-state index is -0.321. The van der Waals surface area contributed by atoms with Gasteiger partial charge in [0.05, 0.1) is 10.6 Å². The summed E-state index contributed by atoms with van der Waals surface area (Å²) in [6.07, 6.45) is 2.21. The molecular weight excluding hydrogens is 450 g/mol. The van der Waals surface area contributed by atoms with Crippen LogP contribution in [0.15, 0.2) is 41.0 Å². The molecule has 7 nitrogen and oxygen atoms in total. The number of carbonyl (C=O) groups is 1. The highest BCUT2D eigenvalue weighted by Crippen LogP contribution is 2.39. The third kappa shape index (κ3) is 4.93. The topological polar surface area (TPSA) is 89.9 Å². The Bertz CT molecular complexity index is 1190. The van der Waals surface area contributed by atoms with Crippen LogP contribution in [0.25, 0.3) is 21.3 Å². The summed E-state index contributed by atoms with van der Waals surface area (Å²) in [5.74, 6) is -0.119. The Balaban J connectivity index is 1.59. The molecule has 1 unspecified atom stereocenters. The van der Waals surface area contributed by atoms with E-state index in [1.807, 2.05) is 6.92 Å². The lowest BCUT2D eigenvalue weighted by atomic mass is 10.1. The first-order valence-corrected chi connectivity index (χ1v) is 12.2. The summed E-state index contributed by atoms with van der Waals surface area (Å²) in [6, 6.07) is 8.40. The van der Waals surface area contributed by atoms with E-state index >= 15 is 0 Å². The number of thioether (sulfide) groups is 1. The number of rotatable bonds is 8. The van der Waals surface area contributed by atoms with Crippen molar-refractivity contribution in [2.45, 2.75) is 37.2 Å². The number of nitrogens with one attached hydrogen (secondary N) is 1. The fourth-order valence-corrected chi connectivity index (χ4v) is 5.74. The van der Waals surface area contributed by atoms with Crippen LogP contribution < -0.4 is 5.32 Å². The normalized spacial score (nSPS) is 12.2. The number of ether oxygens (including phenoxy) is 1. The summed E-state index contributed by atoms with van der Waals surface area (Å²) in [5.41, 5.74) is 3.42. The number of benzene rings is 1. The van der Waals surface area contributed by atoms with E-state index in [0.29, 0.717) is 18.2 Å². The molecule has 0 aliphatic rings. The van der Waals surface area contributed by atoms with E-state index in [2.05, 4.69) is 62.1 Å². The van der Waals surface area contributed by atoms with Gasteiger partial charge in [-0.1, -0.05) is 59.9 Å². The number of thiophene rings is 1. The summed E-state index contributed by atoms with van der Waals surface area (Å²) in [7, 11) is 1.60. The second-order valence-electron chi connectivity index (χ2n) is 6.81. The van der Waals surface area contributed by atoms with Gasteiger partial charge in [0.25, 0.3) is 0 Å². The number of methoxy groups -OCH3 is 1. The minimum Gasteiger partial charge on any atom is -0.377 e. The third-order valence-corrected chi connectivity index (χ3v) is 7.64. The molecule has 4 rings (SSSR count). The summed E-state index contributed by atoms with van der Waals surface area (Å²) >= 11 is 4.35. The molecular formula is C21H21N5O2S3. The first-order chi connectivity index (χ1) is 15.1. The van der Waals surface area contributed by atoms with Crippen LogP contribution in [-0.4, -0.2) is 38.4 Å². The molecule has 3 aromatic heterocycles. The fourth-order valence-electron chi connectivity index (χ4n) is 3.01. The van der Waals surface area contributed by atoms with Crippen LogP contribution in [0.4, 0.5) is 5.13 Å². The zero-order chi connectivity index (χ0) is 21.8. The lowest BCUT2D eigenvalue weighted by molar-refractivity contribution is -0.115. The smallest absolute Gasteiger partial charge is 0.239 e. The van der Waals surface area contributed by atoms with Crippen molar-refractivity contribution in [2.24, 2.45) is 0 Å². The summed E-state index contributed by atoms with van der Waals surface area (Å²) < 4.78 is 5.06. The number of amides is 1. The Hall–Kier alpha value is -2.40. The summed E-state index contributed by atoms with van der Waals surface area (Å²) in [4.78, 5) is 22.8. The lowest BCUT2D eigenvalue weighted by Crippen LogP contribution is -2.24. The molecule has 0 bridgehead atoms. The Labute approximate surface area is 192 Å². The molecule has 0 fully saturated rings. The summed E-state index contributed by atoms with van der Waals surface area (Å²) in [5, 5.41) is 15.7. The summed E-state index contributed by atoms with van der Waals surface area (Å²) in [6.45, 7) is 4.43. The van der Waals surface area contributed by atoms with Crippen LogP contribution in [0.3, 0.4) is 0 Å². The molecule has 0 saturated carbocycles. The second kappa shape index (κ2) is 9.82. The van der Waals surface area contributed by atoms with Crippen LogP contribution in [0.2, 0.25) is 0 Å². The molecule has 31 heavy (non-hydrogen) atoms. The Morgan fingerprint density at radius 1 is 1.23 bits per heavy atom. The highest BCUT2D eigenvalue weighted by molar-refractivity contribution is 8.00. The first kappa shape index (κ1) is 21.8. The van der Waals surface area contributed by atoms with Gasteiger partial charge in [-0.3, -0.25) is 10.1 Å². The van der Waals surface area contributed by atoms with Gasteiger partial charge in [0.2, 0.25) is 11.0 Å². The van der Waals surface area contributed by atoms with Crippen molar-refractivity contribution >= 4 is 55.7 Å². The largest absolute Gasteiger partial charge is 0.377 e. The Morgan fingerprint density at radius 2 is 2.03 bits per heavy atom. The van der Waals surface area contributed by atoms with Crippen molar-refractivity contribution in [3.8, 4) is 11.1 Å². The predicted molar refractivity (Wildman–Crippen MR) is 127 cm³/mol. The number of anilines is 1. The maximum Gasteiger partial charge on any atom is 0.239 e. The maximum absolute atomic E-state index is 12.9. The van der Waals surface area contributed by atoms with Crippen LogP contribution in [0.5, 0.6) is 0 Å². The number of hydrogen-bond acceptors (Lipinski definition) is 9. The SMILES string of the molecule is CCC(Sc1ncnc2scc(-c3ccc(C)cc3)c12)C(=O)Nc1nnc(COC)s1. The number of hydrogen-bond donors (Lipinski definition) is 1. The lowest BCUT2D eigenvalue weighted by Gasteiger charge is -2.14. The van der Waals surface area contributed by atoms with E-state index in [-0.39, 0.29) is 11.2 Å². The van der Waals surface area contributed by atoms with Crippen molar-refractivity contribution in [2.75, 3.05) is 12.4 Å². The van der Waals surface area contributed by atoms with Gasteiger partial charge in [0.15, 0.2) is 0 Å². The monoisotopic (exact) mass is 471 g/mol. The van der Waals surface area contributed by atoms with Gasteiger partial charge in [-0.2, -0.15) is 0 Å². The molecule has 3 heterocycles. The minimum absolute atomic E-state index is 0.119. The molecule has 160 valence electrons. The molecule has 0 aliphatic carbocycles. The van der Waals surface area contributed by atoms with Crippen molar-refractivity contribution < 1.29 is 9.53 Å². The van der Waals surface area contributed by atoms with Gasteiger partial charge in [-0.05, 0) is 18.9 Å². The average Bonchev–Trinajstić information content (AvgIpc) is 3.40. The predicted octanol–water partition coefficient (Wildman–Crippen LogP) is 5.17. The molecule has 0 saturated heterocycles. The van der Waals surface area contributed by atoms with E-state index in [1.165, 1.54) is 28.7 Å². The number of nitrogens with zero attached hydrogens (tertiary/aromatic N) is 4. The molecule has 0 radical (unpaired) electrons. The van der Waals surface area contributed by atoms with Gasteiger partial charge in [0.1, 0.15) is 27.8 Å². The van der Waals surface area contributed by atoms with Crippen LogP contribution in [-0.2, 0) is 16.1 Å². The number of carbonyl (C=O) groups excluding carboxylic acids is 1. The van der Waals surface area contributed by atoms with Crippen molar-refractivity contribution in [3.63, 3.8) is 0 Å². The first-order valence-electron chi connectivity index (χ1n) is 9.67. The average molecular weight is 472 g/mol. The third-order valence-electron chi connectivity index (χ3n) is 4.58. The van der Waals surface area contributed by atoms with E-state index < -0.39 is 0 Å². The van der Waals surface area contributed by atoms with Crippen LogP contribution in [0, 0.1) is 6.92 Å². The van der Waals surface area contributed by atoms with Crippen molar-refractivity contribution in [1.29, 1.82) is 0 Å². The quantitative estimate of drug-likeness (QED) is 0.280. The molecule has 1 amide bonds. The van der Waals surface area contributed by atoms with Crippen molar-refractivity contribution in [3.05, 3.63) is 46.5 Å². The van der Waals surface area contributed by atoms with Crippen molar-refractivity contribution in [1.82, 2.24) is 20.2 Å². The van der Waals surface area contributed by atoms with E-state index in [4.69, 9.17) is 4.74 Å². The highest BCUT2D eigenvalue weighted by Gasteiger charge is 2.23. The second-order valence-corrected chi connectivity index (χ2v) is 9.92. The zero-order valence-corrected chi connectivity index (χ0v) is 19.7. The number of aryl methyl sites for hydroxylation is 1. The van der Waals surface area contributed by atoms with Crippen LogP contribution in [0.1, 0.15) is 23.9 Å². The molecule has 0 spiro atoms.